The summed E-state index contributed by atoms with van der Waals surface area (Å²) in [6.45, 7) is 1.52. The molecule has 5 nitrogen and oxygen atoms in total. The summed E-state index contributed by atoms with van der Waals surface area (Å²) in [4.78, 5) is 27.8. The number of hydrogen-bond donors (Lipinski definition) is 1. The number of carboxylic acid groups (broad SMARTS) is 1. The highest BCUT2D eigenvalue weighted by Crippen LogP contribution is 2.27. The normalized spacial score (nSPS) is 28.7. The predicted molar refractivity (Wildman–Crippen MR) is 53.2 cm³/mol. The average molecular weight is 206 g/mol. The molecule has 0 bridgehead atoms. The Balaban J connectivity index is 2.50. The Labute approximate surface area is 86.4 Å². The number of carboxylic acids is 1. The van der Waals surface area contributed by atoms with E-state index < -0.39 is 17.4 Å². The molecule has 5 heteroatoms. The van der Waals surface area contributed by atoms with E-state index in [4.69, 9.17) is 5.11 Å². The molecule has 78 valence electrons. The third-order valence-corrected chi connectivity index (χ3v) is 2.57. The molecule has 2 rings (SSSR count). The van der Waals surface area contributed by atoms with E-state index in [1.807, 2.05) is 0 Å². The summed E-state index contributed by atoms with van der Waals surface area (Å²) in [6.07, 6.45) is 6.58. The molecular weight excluding hydrogens is 196 g/mol. The first-order valence-corrected chi connectivity index (χ1v) is 4.53. The molecule has 2 heterocycles. The number of amides is 1. The Morgan fingerprint density at radius 3 is 3.00 bits per heavy atom. The maximum Gasteiger partial charge on any atom is 0.330 e. The molecule has 0 aliphatic carbocycles. The van der Waals surface area contributed by atoms with E-state index >= 15 is 0 Å². The molecule has 0 aromatic carbocycles. The van der Waals surface area contributed by atoms with Gasteiger partial charge in [-0.25, -0.2) is 4.79 Å². The smallest absolute Gasteiger partial charge is 0.330 e. The van der Waals surface area contributed by atoms with Gasteiger partial charge >= 0.3 is 5.97 Å². The molecule has 2 aliphatic heterocycles. The fourth-order valence-corrected chi connectivity index (χ4v) is 1.67. The highest BCUT2D eigenvalue weighted by Gasteiger charge is 2.45. The second kappa shape index (κ2) is 3.05. The maximum absolute atomic E-state index is 11.3. The number of nitrogens with zero attached hydrogens (tertiary/aromatic N) is 2. The van der Waals surface area contributed by atoms with Crippen LogP contribution in [0, 0.1) is 0 Å². The zero-order valence-electron chi connectivity index (χ0n) is 8.17. The van der Waals surface area contributed by atoms with Crippen molar-refractivity contribution in [3.8, 4) is 0 Å². The van der Waals surface area contributed by atoms with E-state index in [1.54, 1.807) is 24.4 Å². The first kappa shape index (κ1) is 9.64. The number of rotatable bonds is 1. The fourth-order valence-electron chi connectivity index (χ4n) is 1.67. The summed E-state index contributed by atoms with van der Waals surface area (Å²) >= 11 is 0. The van der Waals surface area contributed by atoms with Crippen molar-refractivity contribution in [2.45, 2.75) is 18.9 Å². The van der Waals surface area contributed by atoms with Gasteiger partial charge in [-0.1, -0.05) is 6.08 Å². The third-order valence-electron chi connectivity index (χ3n) is 2.57. The van der Waals surface area contributed by atoms with Crippen molar-refractivity contribution < 1.29 is 14.7 Å². The number of hydrogen-bond acceptors (Lipinski definition) is 3. The molecule has 1 amide bonds. The van der Waals surface area contributed by atoms with Crippen LogP contribution in [0.1, 0.15) is 13.3 Å². The summed E-state index contributed by atoms with van der Waals surface area (Å²) in [7, 11) is 0. The van der Waals surface area contributed by atoms with Crippen LogP contribution in [0.2, 0.25) is 0 Å². The number of amidine groups is 1. The van der Waals surface area contributed by atoms with Gasteiger partial charge in [0.05, 0.1) is 6.42 Å². The van der Waals surface area contributed by atoms with Crippen LogP contribution in [0.5, 0.6) is 0 Å². The van der Waals surface area contributed by atoms with Crippen LogP contribution in [0.15, 0.2) is 29.4 Å². The molecule has 0 radical (unpaired) electrons. The van der Waals surface area contributed by atoms with Crippen molar-refractivity contribution in [2.75, 3.05) is 0 Å². The van der Waals surface area contributed by atoms with Crippen molar-refractivity contribution >= 4 is 17.7 Å². The van der Waals surface area contributed by atoms with Gasteiger partial charge in [0.25, 0.3) is 5.91 Å². The lowest BCUT2D eigenvalue weighted by molar-refractivity contribution is -0.149. The molecule has 1 atom stereocenters. The molecule has 2 aliphatic rings. The highest BCUT2D eigenvalue weighted by molar-refractivity contribution is 6.08. The Bertz CT molecular complexity index is 422. The van der Waals surface area contributed by atoms with E-state index in [0.29, 0.717) is 5.84 Å². The van der Waals surface area contributed by atoms with Gasteiger partial charge in [0.2, 0.25) is 0 Å². The number of carbonyl (C=O) groups excluding carboxylic acids is 1. The average Bonchev–Trinajstić information content (AvgIpc) is 2.17. The van der Waals surface area contributed by atoms with Gasteiger partial charge in [0, 0.05) is 6.20 Å². The van der Waals surface area contributed by atoms with Crippen LogP contribution in [0.25, 0.3) is 0 Å². The van der Waals surface area contributed by atoms with E-state index in [2.05, 4.69) is 4.99 Å². The third kappa shape index (κ3) is 1.36. The topological polar surface area (TPSA) is 70.0 Å². The van der Waals surface area contributed by atoms with Crippen LogP contribution >= 0.6 is 0 Å². The van der Waals surface area contributed by atoms with Crippen LogP contribution < -0.4 is 0 Å². The molecule has 0 spiro atoms. The SMILES string of the molecule is C[C@@]1(C(=O)O)CC(=O)N=C2C=CC=CN21. The lowest BCUT2D eigenvalue weighted by Crippen LogP contribution is -2.56. The number of aliphatic carboxylic acids is 1. The van der Waals surface area contributed by atoms with Crippen LogP contribution in [0.3, 0.4) is 0 Å². The van der Waals surface area contributed by atoms with E-state index in [0.717, 1.165) is 0 Å². The fraction of sp³-hybridized carbons (Fsp3) is 0.300. The molecule has 15 heavy (non-hydrogen) atoms. The number of fused-ring (bicyclic) bond motifs is 1. The van der Waals surface area contributed by atoms with Crippen LogP contribution in [-0.2, 0) is 9.59 Å². The monoisotopic (exact) mass is 206 g/mol. The number of carbonyl (C=O) groups is 2. The Morgan fingerprint density at radius 1 is 1.60 bits per heavy atom. The largest absolute Gasteiger partial charge is 0.479 e. The minimum atomic E-state index is -1.23. The Hall–Kier alpha value is -1.91. The summed E-state index contributed by atoms with van der Waals surface area (Å²) in [5.41, 5.74) is -1.23. The van der Waals surface area contributed by atoms with Crippen molar-refractivity contribution in [2.24, 2.45) is 4.99 Å². The number of allylic oxidation sites excluding steroid dienone is 2. The molecule has 0 saturated carbocycles. The van der Waals surface area contributed by atoms with E-state index in [-0.39, 0.29) is 6.42 Å². The van der Waals surface area contributed by atoms with Gasteiger partial charge in [0.15, 0.2) is 0 Å². The van der Waals surface area contributed by atoms with E-state index in [1.165, 1.54) is 11.8 Å². The quantitative estimate of drug-likeness (QED) is 0.680. The van der Waals surface area contributed by atoms with Gasteiger partial charge in [-0.15, -0.1) is 0 Å². The van der Waals surface area contributed by atoms with Gasteiger partial charge in [-0.2, -0.15) is 4.99 Å². The molecule has 1 N–H and O–H groups in total. The first-order chi connectivity index (χ1) is 7.04. The minimum absolute atomic E-state index is 0.107. The molecular formula is C10H10N2O3. The predicted octanol–water partition coefficient (Wildman–Crippen LogP) is 0.544. The van der Waals surface area contributed by atoms with Gasteiger partial charge in [-0.05, 0) is 19.1 Å². The molecule has 0 unspecified atom stereocenters. The molecule has 0 saturated heterocycles. The van der Waals surface area contributed by atoms with Crippen molar-refractivity contribution in [1.82, 2.24) is 4.90 Å². The van der Waals surface area contributed by atoms with Crippen molar-refractivity contribution in [3.63, 3.8) is 0 Å². The highest BCUT2D eigenvalue weighted by atomic mass is 16.4. The second-order valence-electron chi connectivity index (χ2n) is 3.69. The summed E-state index contributed by atoms with van der Waals surface area (Å²) in [5, 5.41) is 9.15. The number of aliphatic imine (C=N–C) groups is 1. The van der Waals surface area contributed by atoms with E-state index in [9.17, 15) is 9.59 Å². The zero-order chi connectivity index (χ0) is 11.1. The first-order valence-electron chi connectivity index (χ1n) is 4.53. The summed E-state index contributed by atoms with van der Waals surface area (Å²) in [6, 6.07) is 0. The molecule has 0 aromatic rings. The van der Waals surface area contributed by atoms with Gasteiger partial charge in [-0.3, -0.25) is 4.79 Å². The zero-order valence-corrected chi connectivity index (χ0v) is 8.17. The summed E-state index contributed by atoms with van der Waals surface area (Å²) < 4.78 is 0. The lowest BCUT2D eigenvalue weighted by atomic mass is 9.92. The summed E-state index contributed by atoms with van der Waals surface area (Å²) in [5.74, 6) is -1.03. The van der Waals surface area contributed by atoms with Crippen molar-refractivity contribution in [3.05, 3.63) is 24.4 Å². The van der Waals surface area contributed by atoms with Gasteiger partial charge < -0.3 is 10.0 Å². The lowest BCUT2D eigenvalue weighted by Gasteiger charge is -2.39. The second-order valence-corrected chi connectivity index (χ2v) is 3.69. The standard InChI is InChI=1S/C10H10N2O3/c1-10(9(14)15)6-8(13)11-7-4-2-3-5-12(7)10/h2-5H,6H2,1H3,(H,14,15)/t10-/m0/s1. The van der Waals surface area contributed by atoms with Gasteiger partial charge in [0.1, 0.15) is 11.4 Å². The Morgan fingerprint density at radius 2 is 2.33 bits per heavy atom. The molecule has 0 fully saturated rings. The molecule has 0 aromatic heterocycles. The minimum Gasteiger partial charge on any atom is -0.479 e. The van der Waals surface area contributed by atoms with Crippen LogP contribution in [0.4, 0.5) is 0 Å². The Kier molecular flexibility index (Phi) is 1.96. The van der Waals surface area contributed by atoms with Crippen molar-refractivity contribution in [1.29, 1.82) is 0 Å². The van der Waals surface area contributed by atoms with Crippen LogP contribution in [-0.4, -0.2) is 33.3 Å². The maximum atomic E-state index is 11.3.